The molecule has 0 saturated heterocycles. The molecule has 0 aromatic heterocycles. The van der Waals surface area contributed by atoms with Crippen LogP contribution in [0.3, 0.4) is 0 Å². The number of quaternary nitrogens is 1. The van der Waals surface area contributed by atoms with Crippen LogP contribution >= 0.6 is 0 Å². The Morgan fingerprint density at radius 1 is 0.800 bits per heavy atom. The number of para-hydroxylation sites is 4. The Morgan fingerprint density at radius 3 is 1.80 bits per heavy atom. The van der Waals surface area contributed by atoms with Crippen LogP contribution in [-0.4, -0.2) is 0 Å². The second-order valence-corrected chi connectivity index (χ2v) is 3.57. The molecule has 0 atom stereocenters. The van der Waals surface area contributed by atoms with Crippen LogP contribution in [0.15, 0.2) is 48.5 Å². The maximum absolute atomic E-state index is 5.79. The molecule has 15 heavy (non-hydrogen) atoms. The first-order valence-corrected chi connectivity index (χ1v) is 4.92. The topological polar surface area (TPSA) is 13.7 Å². The summed E-state index contributed by atoms with van der Waals surface area (Å²) < 4.78 is 5.79. The molecule has 1 heterocycles. The van der Waals surface area contributed by atoms with E-state index in [0.29, 0.717) is 0 Å². The van der Waals surface area contributed by atoms with Gasteiger partial charge in [0.05, 0.1) is 0 Å². The van der Waals surface area contributed by atoms with Gasteiger partial charge in [0.2, 0.25) is 0 Å². The van der Waals surface area contributed by atoms with Gasteiger partial charge >= 0.3 is 0 Å². The maximum atomic E-state index is 5.79. The van der Waals surface area contributed by atoms with Gasteiger partial charge in [-0.3, -0.25) is 0 Å². The molecule has 1 N–H and O–H groups in total. The van der Waals surface area contributed by atoms with E-state index in [0.717, 1.165) is 27.8 Å². The zero-order valence-electron chi connectivity index (χ0n) is 8.23. The highest BCUT2D eigenvalue weighted by Crippen LogP contribution is 2.35. The molecule has 1 aliphatic heterocycles. The van der Waals surface area contributed by atoms with Gasteiger partial charge in [-0.05, 0) is 12.1 Å². The molecule has 0 amide bonds. The van der Waals surface area contributed by atoms with Crippen LogP contribution in [0, 0.1) is 7.05 Å². The molecule has 0 spiro atoms. The summed E-state index contributed by atoms with van der Waals surface area (Å²) in [6.07, 6.45) is 0. The Morgan fingerprint density at radius 2 is 1.27 bits per heavy atom. The minimum atomic E-state index is 0.890. The molecule has 0 aliphatic carbocycles. The third-order valence-corrected chi connectivity index (χ3v) is 2.64. The Labute approximate surface area is 88.7 Å². The van der Waals surface area contributed by atoms with E-state index in [1.807, 2.05) is 48.5 Å². The fourth-order valence-electron chi connectivity index (χ4n) is 1.87. The van der Waals surface area contributed by atoms with E-state index >= 15 is 0 Å². The smallest absolute Gasteiger partial charge is 0.186 e. The van der Waals surface area contributed by atoms with Crippen molar-refractivity contribution in [2.45, 2.75) is 0 Å². The van der Waals surface area contributed by atoms with Crippen LogP contribution in [0.25, 0.3) is 0 Å². The number of hydrogen-bond donors (Lipinski definition) is 1. The first-order valence-electron chi connectivity index (χ1n) is 4.92. The van der Waals surface area contributed by atoms with Crippen molar-refractivity contribution in [2.24, 2.45) is 0 Å². The first-order chi connectivity index (χ1) is 7.36. The number of rotatable bonds is 0. The summed E-state index contributed by atoms with van der Waals surface area (Å²) in [5, 5.41) is 0. The van der Waals surface area contributed by atoms with Crippen molar-refractivity contribution in [1.29, 1.82) is 0 Å². The minimum absolute atomic E-state index is 0.890. The number of hydrogen-bond acceptors (Lipinski definition) is 1. The van der Waals surface area contributed by atoms with E-state index in [2.05, 4.69) is 7.05 Å². The molecule has 0 fully saturated rings. The van der Waals surface area contributed by atoms with Crippen molar-refractivity contribution in [3.8, 4) is 11.5 Å². The van der Waals surface area contributed by atoms with Crippen LogP contribution in [0.1, 0.15) is 0 Å². The molecule has 0 unspecified atom stereocenters. The van der Waals surface area contributed by atoms with E-state index in [1.54, 1.807) is 0 Å². The van der Waals surface area contributed by atoms with Crippen LogP contribution < -0.4 is 9.64 Å². The van der Waals surface area contributed by atoms with Gasteiger partial charge in [0.15, 0.2) is 22.9 Å². The number of ether oxygens (including phenoxy) is 1. The quantitative estimate of drug-likeness (QED) is 0.640. The summed E-state index contributed by atoms with van der Waals surface area (Å²) in [5.74, 6) is 1.78. The zero-order chi connectivity index (χ0) is 10.3. The summed E-state index contributed by atoms with van der Waals surface area (Å²) in [6.45, 7) is 0. The third-order valence-electron chi connectivity index (χ3n) is 2.64. The van der Waals surface area contributed by atoms with E-state index in [9.17, 15) is 0 Å². The summed E-state index contributed by atoms with van der Waals surface area (Å²) in [7, 11) is 4.12. The normalized spacial score (nSPS) is 13.9. The SMILES string of the molecule is [CH2-][NH+]1c2ccccc2Oc2ccccc21. The van der Waals surface area contributed by atoms with Gasteiger partial charge in [-0.2, -0.15) is 0 Å². The average molecular weight is 197 g/mol. The van der Waals surface area contributed by atoms with Gasteiger partial charge in [0, 0.05) is 12.1 Å². The van der Waals surface area contributed by atoms with E-state index < -0.39 is 0 Å². The number of nitrogens with one attached hydrogen (secondary N) is 1. The van der Waals surface area contributed by atoms with Crippen molar-refractivity contribution in [3.63, 3.8) is 0 Å². The lowest BCUT2D eigenvalue weighted by atomic mass is 10.2. The van der Waals surface area contributed by atoms with Crippen molar-refractivity contribution in [2.75, 3.05) is 0 Å². The summed E-state index contributed by atoms with van der Waals surface area (Å²) in [6, 6.07) is 16.0. The minimum Gasteiger partial charge on any atom is -0.445 e. The van der Waals surface area contributed by atoms with Gasteiger partial charge in [-0.15, -0.1) is 7.05 Å². The molecule has 0 saturated carbocycles. The van der Waals surface area contributed by atoms with Gasteiger partial charge in [0.25, 0.3) is 0 Å². The number of benzene rings is 2. The van der Waals surface area contributed by atoms with Gasteiger partial charge in [-0.1, -0.05) is 24.3 Å². The lowest BCUT2D eigenvalue weighted by Gasteiger charge is -2.28. The van der Waals surface area contributed by atoms with Crippen molar-refractivity contribution in [1.82, 2.24) is 0 Å². The lowest BCUT2D eigenvalue weighted by Crippen LogP contribution is -2.96. The van der Waals surface area contributed by atoms with E-state index in [4.69, 9.17) is 4.74 Å². The third kappa shape index (κ3) is 1.22. The second-order valence-electron chi connectivity index (χ2n) is 3.57. The highest BCUT2D eigenvalue weighted by Gasteiger charge is 2.21. The summed E-state index contributed by atoms with van der Waals surface area (Å²) >= 11 is 0. The molecule has 2 aromatic rings. The highest BCUT2D eigenvalue weighted by molar-refractivity contribution is 5.59. The Kier molecular flexibility index (Phi) is 1.76. The molecule has 0 radical (unpaired) electrons. The monoisotopic (exact) mass is 197 g/mol. The summed E-state index contributed by atoms with van der Waals surface area (Å²) in [5.41, 5.74) is 2.16. The zero-order valence-corrected chi connectivity index (χ0v) is 8.23. The van der Waals surface area contributed by atoms with Gasteiger partial charge in [0.1, 0.15) is 0 Å². The molecule has 3 rings (SSSR count). The molecular weight excluding hydrogens is 186 g/mol. The maximum Gasteiger partial charge on any atom is 0.186 e. The second kappa shape index (κ2) is 3.11. The molecule has 2 heteroatoms. The Balaban J connectivity index is 2.20. The largest absolute Gasteiger partial charge is 0.445 e. The predicted molar refractivity (Wildman–Crippen MR) is 58.6 cm³/mol. The fraction of sp³-hybridized carbons (Fsp3) is 0. The molecule has 1 aliphatic rings. The van der Waals surface area contributed by atoms with Crippen molar-refractivity contribution in [3.05, 3.63) is 55.6 Å². The van der Waals surface area contributed by atoms with Crippen LogP contribution in [0.4, 0.5) is 11.4 Å². The van der Waals surface area contributed by atoms with Crippen molar-refractivity contribution >= 4 is 11.4 Å². The molecular formula is C13H11NO. The number of fused-ring (bicyclic) bond motifs is 2. The standard InChI is InChI=1S/C13H11NO/c1-14-10-6-2-4-8-12(10)15-13-9-5-3-7-11(13)14/h2-9,14H,1H2. The van der Waals surface area contributed by atoms with E-state index in [-0.39, 0.29) is 0 Å². The average Bonchev–Trinajstić information content (AvgIpc) is 2.30. The Bertz CT molecular complexity index is 462. The van der Waals surface area contributed by atoms with Gasteiger partial charge < -0.3 is 9.64 Å². The molecule has 2 nitrogen and oxygen atoms in total. The predicted octanol–water partition coefficient (Wildman–Crippen LogP) is 2.43. The lowest BCUT2D eigenvalue weighted by molar-refractivity contribution is -0.707. The van der Waals surface area contributed by atoms with Crippen molar-refractivity contribution < 1.29 is 9.64 Å². The highest BCUT2D eigenvalue weighted by atomic mass is 16.5. The van der Waals surface area contributed by atoms with Crippen LogP contribution in [-0.2, 0) is 0 Å². The fourth-order valence-corrected chi connectivity index (χ4v) is 1.87. The first kappa shape index (κ1) is 8.50. The molecule has 2 aromatic carbocycles. The van der Waals surface area contributed by atoms with Crippen LogP contribution in [0.5, 0.6) is 11.5 Å². The molecule has 74 valence electrons. The summed E-state index contributed by atoms with van der Waals surface area (Å²) in [4.78, 5) is 1.03. The van der Waals surface area contributed by atoms with E-state index in [1.165, 1.54) is 0 Å². The Hall–Kier alpha value is -1.80. The van der Waals surface area contributed by atoms with Crippen LogP contribution in [0.2, 0.25) is 0 Å². The van der Waals surface area contributed by atoms with Gasteiger partial charge in [-0.25, -0.2) is 0 Å². The molecule has 0 bridgehead atoms.